The molecular formula is C24H15ClF3N5O3. The number of aromatic nitrogens is 3. The van der Waals surface area contributed by atoms with Crippen LogP contribution in [0, 0.1) is 18.3 Å². The van der Waals surface area contributed by atoms with E-state index in [0.29, 0.717) is 17.3 Å². The second kappa shape index (κ2) is 9.31. The van der Waals surface area contributed by atoms with E-state index < -0.39 is 29.0 Å². The van der Waals surface area contributed by atoms with Crippen LogP contribution in [0.2, 0.25) is 5.15 Å². The van der Waals surface area contributed by atoms with Crippen molar-refractivity contribution in [3.63, 3.8) is 0 Å². The van der Waals surface area contributed by atoms with E-state index in [1.807, 2.05) is 6.07 Å². The van der Waals surface area contributed by atoms with Gasteiger partial charge in [-0.2, -0.15) is 18.4 Å². The fraction of sp³-hybridized carbons (Fsp3) is 0.125. The Hall–Kier alpha value is -4.43. The maximum absolute atomic E-state index is 13.6. The number of carboxylic acid groups (broad SMARTS) is 1. The van der Waals surface area contributed by atoms with Gasteiger partial charge in [-0.1, -0.05) is 23.7 Å². The predicted molar refractivity (Wildman–Crippen MR) is 125 cm³/mol. The van der Waals surface area contributed by atoms with Gasteiger partial charge in [0.15, 0.2) is 5.69 Å². The molecule has 1 aromatic carbocycles. The molecule has 0 unspecified atom stereocenters. The van der Waals surface area contributed by atoms with E-state index in [1.165, 1.54) is 31.2 Å². The summed E-state index contributed by atoms with van der Waals surface area (Å²) in [7, 11) is 0. The van der Waals surface area contributed by atoms with Crippen molar-refractivity contribution in [2.45, 2.75) is 19.6 Å². The van der Waals surface area contributed by atoms with Crippen molar-refractivity contribution >= 4 is 28.9 Å². The lowest BCUT2D eigenvalue weighted by Crippen LogP contribution is -2.23. The Kier molecular flexibility index (Phi) is 6.39. The zero-order chi connectivity index (χ0) is 26.2. The van der Waals surface area contributed by atoms with Crippen LogP contribution in [-0.4, -0.2) is 25.4 Å². The molecule has 0 fully saturated rings. The number of rotatable bonds is 5. The van der Waals surface area contributed by atoms with Gasteiger partial charge in [0, 0.05) is 29.4 Å². The van der Waals surface area contributed by atoms with Crippen LogP contribution in [0.4, 0.5) is 18.9 Å². The summed E-state index contributed by atoms with van der Waals surface area (Å²) in [6.45, 7) is 1.14. The monoisotopic (exact) mass is 513 g/mol. The number of nitrogens with one attached hydrogen (secondary N) is 1. The second-order valence-corrected chi connectivity index (χ2v) is 8.10. The highest BCUT2D eigenvalue weighted by Gasteiger charge is 2.32. The number of halogens is 4. The summed E-state index contributed by atoms with van der Waals surface area (Å²) in [6.07, 6.45) is -4.08. The number of pyridine rings is 2. The number of nitrogens with zero attached hydrogens (tertiary/aromatic N) is 4. The highest BCUT2D eigenvalue weighted by atomic mass is 35.5. The van der Waals surface area contributed by atoms with E-state index >= 15 is 0 Å². The quantitative estimate of drug-likeness (QED) is 0.363. The van der Waals surface area contributed by atoms with Crippen LogP contribution in [0.25, 0.3) is 16.9 Å². The van der Waals surface area contributed by atoms with Gasteiger partial charge in [0.25, 0.3) is 5.56 Å². The SMILES string of the molecule is Cc1c(-c2ccc(C#N)cc2)nc2c(CNc3ccc(Cl)nc3C(=O)O)cc(C(F)(F)F)cn2c1=O. The van der Waals surface area contributed by atoms with Gasteiger partial charge in [-0.05, 0) is 37.3 Å². The smallest absolute Gasteiger partial charge is 0.417 e. The van der Waals surface area contributed by atoms with Gasteiger partial charge in [-0.25, -0.2) is 14.8 Å². The molecule has 3 aromatic heterocycles. The second-order valence-electron chi connectivity index (χ2n) is 7.71. The number of hydrogen-bond acceptors (Lipinski definition) is 6. The lowest BCUT2D eigenvalue weighted by Gasteiger charge is -2.16. The van der Waals surface area contributed by atoms with Gasteiger partial charge in [0.2, 0.25) is 0 Å². The maximum Gasteiger partial charge on any atom is 0.417 e. The molecule has 2 N–H and O–H groups in total. The summed E-state index contributed by atoms with van der Waals surface area (Å²) in [5, 5.41) is 21.1. The van der Waals surface area contributed by atoms with E-state index in [4.69, 9.17) is 16.9 Å². The molecule has 0 spiro atoms. The van der Waals surface area contributed by atoms with Crippen molar-refractivity contribution in [2.75, 3.05) is 5.32 Å². The van der Waals surface area contributed by atoms with E-state index in [0.717, 1.165) is 10.5 Å². The van der Waals surface area contributed by atoms with Crippen molar-refractivity contribution in [1.82, 2.24) is 14.4 Å². The zero-order valence-electron chi connectivity index (χ0n) is 18.4. The molecule has 0 aliphatic rings. The molecule has 36 heavy (non-hydrogen) atoms. The number of carbonyl (C=O) groups is 1. The third-order valence-corrected chi connectivity index (χ3v) is 5.58. The topological polar surface area (TPSA) is 120 Å². The highest BCUT2D eigenvalue weighted by molar-refractivity contribution is 6.29. The Morgan fingerprint density at radius 1 is 1.19 bits per heavy atom. The van der Waals surface area contributed by atoms with Crippen LogP contribution in [0.1, 0.15) is 32.7 Å². The Labute approximate surface area is 206 Å². The third kappa shape index (κ3) is 4.71. The summed E-state index contributed by atoms with van der Waals surface area (Å²) in [5.41, 5.74) is -0.996. The number of benzene rings is 1. The summed E-state index contributed by atoms with van der Waals surface area (Å²) in [4.78, 5) is 32.9. The highest BCUT2D eigenvalue weighted by Crippen LogP contribution is 2.31. The molecule has 12 heteroatoms. The van der Waals surface area contributed by atoms with Gasteiger partial charge in [-0.3, -0.25) is 9.20 Å². The lowest BCUT2D eigenvalue weighted by atomic mass is 10.1. The maximum atomic E-state index is 13.6. The first-order chi connectivity index (χ1) is 17.0. The van der Waals surface area contributed by atoms with E-state index in [1.54, 1.807) is 12.1 Å². The average Bonchev–Trinajstić information content (AvgIpc) is 2.84. The van der Waals surface area contributed by atoms with Gasteiger partial charge >= 0.3 is 12.1 Å². The van der Waals surface area contributed by atoms with Crippen LogP contribution in [0.15, 0.2) is 53.5 Å². The molecular weight excluding hydrogens is 499 g/mol. The predicted octanol–water partition coefficient (Wildman–Crippen LogP) is 4.92. The molecule has 0 amide bonds. The van der Waals surface area contributed by atoms with Gasteiger partial charge in [0.1, 0.15) is 10.8 Å². The standard InChI is InChI=1S/C24H15ClF3N5O3/c1-12-19(14-4-2-13(9-29)3-5-14)32-21-15(8-16(24(26,27)28)11-33(21)22(12)34)10-30-17-6-7-18(25)31-20(17)23(35)36/h2-8,11,30H,10H2,1H3,(H,35,36). The minimum absolute atomic E-state index is 0.0110. The fourth-order valence-corrected chi connectivity index (χ4v) is 3.74. The minimum Gasteiger partial charge on any atom is -0.476 e. The molecule has 8 nitrogen and oxygen atoms in total. The third-order valence-electron chi connectivity index (χ3n) is 5.37. The molecule has 0 atom stereocenters. The Morgan fingerprint density at radius 2 is 1.89 bits per heavy atom. The summed E-state index contributed by atoms with van der Waals surface area (Å²) >= 11 is 5.76. The first-order valence-electron chi connectivity index (χ1n) is 10.3. The van der Waals surface area contributed by atoms with Crippen molar-refractivity contribution in [2.24, 2.45) is 0 Å². The van der Waals surface area contributed by atoms with Gasteiger partial charge < -0.3 is 10.4 Å². The van der Waals surface area contributed by atoms with Crippen LogP contribution in [0.3, 0.4) is 0 Å². The molecule has 3 heterocycles. The molecule has 4 rings (SSSR count). The number of nitriles is 1. The first-order valence-corrected chi connectivity index (χ1v) is 10.6. The molecule has 0 aliphatic carbocycles. The number of alkyl halides is 3. The van der Waals surface area contributed by atoms with Gasteiger partial charge in [0.05, 0.1) is 28.6 Å². The fourth-order valence-electron chi connectivity index (χ4n) is 3.60. The first kappa shape index (κ1) is 24.7. The zero-order valence-corrected chi connectivity index (χ0v) is 19.1. The molecule has 0 bridgehead atoms. The molecule has 4 aromatic rings. The van der Waals surface area contributed by atoms with Crippen LogP contribution < -0.4 is 10.9 Å². The van der Waals surface area contributed by atoms with Crippen molar-refractivity contribution in [3.8, 4) is 17.3 Å². The number of hydrogen-bond donors (Lipinski definition) is 2. The average molecular weight is 514 g/mol. The number of carboxylic acids is 1. The van der Waals surface area contributed by atoms with Crippen LogP contribution in [0.5, 0.6) is 0 Å². The van der Waals surface area contributed by atoms with Gasteiger partial charge in [-0.15, -0.1) is 0 Å². The molecule has 182 valence electrons. The Bertz CT molecular complexity index is 1610. The van der Waals surface area contributed by atoms with Crippen molar-refractivity contribution in [3.05, 3.63) is 92.1 Å². The molecule has 0 radical (unpaired) electrons. The number of anilines is 1. The van der Waals surface area contributed by atoms with E-state index in [2.05, 4.69) is 15.3 Å². The summed E-state index contributed by atoms with van der Waals surface area (Å²) < 4.78 is 41.7. The van der Waals surface area contributed by atoms with Crippen LogP contribution >= 0.6 is 11.6 Å². The van der Waals surface area contributed by atoms with E-state index in [9.17, 15) is 27.9 Å². The Balaban J connectivity index is 1.90. The number of aromatic carboxylic acids is 1. The Morgan fingerprint density at radius 3 is 2.50 bits per heavy atom. The largest absolute Gasteiger partial charge is 0.476 e. The van der Waals surface area contributed by atoms with Crippen LogP contribution in [-0.2, 0) is 12.7 Å². The number of fused-ring (bicyclic) bond motifs is 1. The molecule has 0 saturated heterocycles. The van der Waals surface area contributed by atoms with E-state index in [-0.39, 0.29) is 39.9 Å². The van der Waals surface area contributed by atoms with Crippen molar-refractivity contribution in [1.29, 1.82) is 5.26 Å². The molecule has 0 aliphatic heterocycles. The molecule has 0 saturated carbocycles. The summed E-state index contributed by atoms with van der Waals surface area (Å²) in [6, 6.07) is 11.7. The van der Waals surface area contributed by atoms with Crippen molar-refractivity contribution < 1.29 is 23.1 Å². The normalized spacial score (nSPS) is 11.3. The lowest BCUT2D eigenvalue weighted by molar-refractivity contribution is -0.137. The summed E-state index contributed by atoms with van der Waals surface area (Å²) in [5.74, 6) is -1.39. The minimum atomic E-state index is -4.75.